The fourth-order valence-corrected chi connectivity index (χ4v) is 1.86. The Balaban J connectivity index is 3.08. The van der Waals surface area contributed by atoms with Gasteiger partial charge in [-0.05, 0) is 26.0 Å². The molecule has 1 atom stereocenters. The minimum atomic E-state index is 0.208. The lowest BCUT2D eigenvalue weighted by Crippen LogP contribution is -2.20. The van der Waals surface area contributed by atoms with Crippen molar-refractivity contribution in [1.82, 2.24) is 5.32 Å². The van der Waals surface area contributed by atoms with Gasteiger partial charge in [-0.25, -0.2) is 0 Å². The highest BCUT2D eigenvalue weighted by molar-refractivity contribution is 5.51. The molecule has 0 aliphatic heterocycles. The summed E-state index contributed by atoms with van der Waals surface area (Å²) in [5.74, 6) is 2.21. The molecule has 0 aliphatic rings. The molecule has 1 unspecified atom stereocenters. The smallest absolute Gasteiger partial charge is 0.164 e. The molecule has 0 saturated heterocycles. The number of hydrogen-bond donors (Lipinski definition) is 1. The first-order valence-corrected chi connectivity index (χ1v) is 6.21. The first kappa shape index (κ1) is 14.6. The fourth-order valence-electron chi connectivity index (χ4n) is 1.86. The van der Waals surface area contributed by atoms with E-state index in [2.05, 4.69) is 19.2 Å². The highest BCUT2D eigenvalue weighted by Crippen LogP contribution is 2.37. The monoisotopic (exact) mass is 253 g/mol. The topological polar surface area (TPSA) is 39.7 Å². The molecule has 1 aromatic carbocycles. The summed E-state index contributed by atoms with van der Waals surface area (Å²) < 4.78 is 16.0. The summed E-state index contributed by atoms with van der Waals surface area (Å²) in [6.45, 7) is 5.23. The van der Waals surface area contributed by atoms with Gasteiger partial charge in [-0.2, -0.15) is 0 Å². The van der Waals surface area contributed by atoms with Crippen LogP contribution in [0.2, 0.25) is 0 Å². The third-order valence-corrected chi connectivity index (χ3v) is 2.90. The lowest BCUT2D eigenvalue weighted by atomic mass is 10.1. The normalized spacial score (nSPS) is 12.1. The lowest BCUT2D eigenvalue weighted by Gasteiger charge is -2.19. The second kappa shape index (κ2) is 7.11. The third kappa shape index (κ3) is 3.29. The van der Waals surface area contributed by atoms with Gasteiger partial charge in [0.2, 0.25) is 0 Å². The van der Waals surface area contributed by atoms with E-state index in [4.69, 9.17) is 14.2 Å². The zero-order chi connectivity index (χ0) is 13.5. The Morgan fingerprint density at radius 1 is 1.00 bits per heavy atom. The molecule has 0 amide bonds. The molecule has 0 saturated carbocycles. The molecule has 18 heavy (non-hydrogen) atoms. The predicted molar refractivity (Wildman–Crippen MR) is 72.8 cm³/mol. The van der Waals surface area contributed by atoms with E-state index in [-0.39, 0.29) is 6.04 Å². The van der Waals surface area contributed by atoms with Gasteiger partial charge in [-0.1, -0.05) is 6.92 Å². The molecule has 0 aromatic heterocycles. The Hall–Kier alpha value is -1.42. The first-order valence-electron chi connectivity index (χ1n) is 6.21. The van der Waals surface area contributed by atoms with Crippen LogP contribution < -0.4 is 19.5 Å². The summed E-state index contributed by atoms with van der Waals surface area (Å²) in [5, 5.41) is 3.44. The van der Waals surface area contributed by atoms with Crippen LogP contribution >= 0.6 is 0 Å². The van der Waals surface area contributed by atoms with Crippen molar-refractivity contribution in [2.24, 2.45) is 0 Å². The van der Waals surface area contributed by atoms with Gasteiger partial charge in [0, 0.05) is 17.7 Å². The second-order valence-electron chi connectivity index (χ2n) is 4.12. The van der Waals surface area contributed by atoms with E-state index in [1.54, 1.807) is 21.3 Å². The SMILES string of the molecule is CCCNC(C)c1cc(OC)c(OC)cc1OC. The summed E-state index contributed by atoms with van der Waals surface area (Å²) in [5.41, 5.74) is 1.07. The molecule has 1 N–H and O–H groups in total. The van der Waals surface area contributed by atoms with Gasteiger partial charge < -0.3 is 19.5 Å². The van der Waals surface area contributed by atoms with Crippen molar-refractivity contribution in [2.45, 2.75) is 26.3 Å². The zero-order valence-electron chi connectivity index (χ0n) is 11.9. The van der Waals surface area contributed by atoms with Gasteiger partial charge in [0.25, 0.3) is 0 Å². The molecule has 4 heteroatoms. The molecule has 1 rings (SSSR count). The maximum atomic E-state index is 5.41. The molecular formula is C14H23NO3. The summed E-state index contributed by atoms with van der Waals surface area (Å²) in [6, 6.07) is 4.03. The van der Waals surface area contributed by atoms with Gasteiger partial charge in [0.15, 0.2) is 11.5 Å². The quantitative estimate of drug-likeness (QED) is 0.811. The standard InChI is InChI=1S/C14H23NO3/c1-6-7-15-10(2)11-8-13(17-4)14(18-5)9-12(11)16-3/h8-10,15H,6-7H2,1-5H3. The molecule has 1 aromatic rings. The molecule has 102 valence electrons. The molecular weight excluding hydrogens is 230 g/mol. The van der Waals surface area contributed by atoms with Crippen molar-refractivity contribution in [3.8, 4) is 17.2 Å². The summed E-state index contributed by atoms with van der Waals surface area (Å²) >= 11 is 0. The number of nitrogens with one attached hydrogen (secondary N) is 1. The van der Waals surface area contributed by atoms with Crippen molar-refractivity contribution >= 4 is 0 Å². The van der Waals surface area contributed by atoms with Gasteiger partial charge in [0.1, 0.15) is 5.75 Å². The summed E-state index contributed by atoms with van der Waals surface area (Å²) in [4.78, 5) is 0. The summed E-state index contributed by atoms with van der Waals surface area (Å²) in [6.07, 6.45) is 1.10. The Morgan fingerprint density at radius 2 is 1.56 bits per heavy atom. The predicted octanol–water partition coefficient (Wildman–Crippen LogP) is 2.77. The van der Waals surface area contributed by atoms with Crippen LogP contribution in [0.25, 0.3) is 0 Å². The van der Waals surface area contributed by atoms with Crippen LogP contribution in [0.3, 0.4) is 0 Å². The second-order valence-corrected chi connectivity index (χ2v) is 4.12. The molecule has 0 radical (unpaired) electrons. The van der Waals surface area contributed by atoms with E-state index in [0.29, 0.717) is 5.75 Å². The van der Waals surface area contributed by atoms with Crippen LogP contribution in [-0.2, 0) is 0 Å². The molecule has 0 aliphatic carbocycles. The van der Waals surface area contributed by atoms with Gasteiger partial charge >= 0.3 is 0 Å². The van der Waals surface area contributed by atoms with Crippen molar-refractivity contribution < 1.29 is 14.2 Å². The number of methoxy groups -OCH3 is 3. The van der Waals surface area contributed by atoms with Crippen molar-refractivity contribution in [1.29, 1.82) is 0 Å². The molecule has 0 fully saturated rings. The Morgan fingerprint density at radius 3 is 2.06 bits per heavy atom. The van der Waals surface area contributed by atoms with Crippen LogP contribution in [0.5, 0.6) is 17.2 Å². The maximum absolute atomic E-state index is 5.41. The number of rotatable bonds is 7. The highest BCUT2D eigenvalue weighted by atomic mass is 16.5. The fraction of sp³-hybridized carbons (Fsp3) is 0.571. The van der Waals surface area contributed by atoms with E-state index in [1.165, 1.54) is 0 Å². The first-order chi connectivity index (χ1) is 8.67. The Labute approximate surface area is 109 Å². The minimum Gasteiger partial charge on any atom is -0.496 e. The highest BCUT2D eigenvalue weighted by Gasteiger charge is 2.16. The van der Waals surface area contributed by atoms with Crippen LogP contribution in [-0.4, -0.2) is 27.9 Å². The van der Waals surface area contributed by atoms with E-state index in [0.717, 1.165) is 30.0 Å². The van der Waals surface area contributed by atoms with E-state index in [9.17, 15) is 0 Å². The zero-order valence-corrected chi connectivity index (χ0v) is 11.9. The molecule has 4 nitrogen and oxygen atoms in total. The largest absolute Gasteiger partial charge is 0.496 e. The average Bonchev–Trinajstić information content (AvgIpc) is 2.42. The summed E-state index contributed by atoms with van der Waals surface area (Å²) in [7, 11) is 4.92. The molecule has 0 bridgehead atoms. The van der Waals surface area contributed by atoms with Crippen LogP contribution in [0.15, 0.2) is 12.1 Å². The number of hydrogen-bond acceptors (Lipinski definition) is 4. The molecule has 0 heterocycles. The van der Waals surface area contributed by atoms with Crippen molar-refractivity contribution in [3.05, 3.63) is 17.7 Å². The van der Waals surface area contributed by atoms with Crippen LogP contribution in [0.4, 0.5) is 0 Å². The van der Waals surface area contributed by atoms with Gasteiger partial charge in [0.05, 0.1) is 21.3 Å². The van der Waals surface area contributed by atoms with E-state index in [1.807, 2.05) is 12.1 Å². The Bertz CT molecular complexity index is 380. The third-order valence-electron chi connectivity index (χ3n) is 2.90. The van der Waals surface area contributed by atoms with Gasteiger partial charge in [-0.3, -0.25) is 0 Å². The minimum absolute atomic E-state index is 0.208. The Kier molecular flexibility index (Phi) is 5.78. The van der Waals surface area contributed by atoms with E-state index >= 15 is 0 Å². The van der Waals surface area contributed by atoms with Crippen molar-refractivity contribution in [3.63, 3.8) is 0 Å². The average molecular weight is 253 g/mol. The van der Waals surface area contributed by atoms with Gasteiger partial charge in [-0.15, -0.1) is 0 Å². The number of ether oxygens (including phenoxy) is 3. The van der Waals surface area contributed by atoms with E-state index < -0.39 is 0 Å². The maximum Gasteiger partial charge on any atom is 0.164 e. The lowest BCUT2D eigenvalue weighted by molar-refractivity contribution is 0.345. The molecule has 0 spiro atoms. The van der Waals surface area contributed by atoms with Crippen LogP contribution in [0, 0.1) is 0 Å². The van der Waals surface area contributed by atoms with Crippen molar-refractivity contribution in [2.75, 3.05) is 27.9 Å². The van der Waals surface area contributed by atoms with Crippen LogP contribution in [0.1, 0.15) is 31.9 Å². The number of benzene rings is 1.